The van der Waals surface area contributed by atoms with Crippen LogP contribution in [-0.2, 0) is 0 Å². The van der Waals surface area contributed by atoms with Crippen molar-refractivity contribution >= 4 is 63.8 Å². The molecule has 1 heterocycles. The van der Waals surface area contributed by atoms with Crippen LogP contribution in [-0.4, -0.2) is 0 Å². The second kappa shape index (κ2) is 13.0. The Morgan fingerprint density at radius 2 is 0.818 bits per heavy atom. The molecule has 0 aliphatic rings. The van der Waals surface area contributed by atoms with Crippen molar-refractivity contribution in [2.75, 3.05) is 0 Å². The molecule has 0 radical (unpaired) electrons. The van der Waals surface area contributed by atoms with Gasteiger partial charge in [-0.1, -0.05) is 176 Å². The lowest BCUT2D eigenvalue weighted by molar-refractivity contribution is 1.62. The van der Waals surface area contributed by atoms with Crippen LogP contribution in [0.25, 0.3) is 108 Å². The average molecular weight is 716 g/mol. The van der Waals surface area contributed by atoms with E-state index >= 15 is 0 Å². The van der Waals surface area contributed by atoms with Crippen LogP contribution in [0.2, 0.25) is 0 Å². The first-order chi connectivity index (χ1) is 27.6. The minimum absolute atomic E-state index is 0.535. The van der Waals surface area contributed by atoms with Crippen molar-refractivity contribution in [2.45, 2.75) is 0 Å². The third kappa shape index (κ3) is 5.44. The maximum absolute atomic E-state index is 8.03. The zero-order valence-electron chi connectivity index (χ0n) is 31.0. The first kappa shape index (κ1) is 30.6. The van der Waals surface area contributed by atoms with Gasteiger partial charge >= 0.3 is 0 Å². The molecule has 0 fully saturated rings. The van der Waals surface area contributed by atoms with E-state index in [4.69, 9.17) is 1.37 Å². The number of rotatable bonds is 5. The summed E-state index contributed by atoms with van der Waals surface area (Å²) in [5.74, 6) is 0. The van der Waals surface area contributed by atoms with Crippen molar-refractivity contribution in [3.8, 4) is 55.6 Å². The fourth-order valence-corrected chi connectivity index (χ4v) is 9.63. The molecule has 0 N–H and O–H groups in total. The SMILES string of the molecule is [2H]c1ccc2cc(-c3cccc(-c4c5ccccc5c(-c5ccc(-c6ccc7sc8cc(-c9ccccc9)ccc8c7c6)cc5)c5ccccc45)c3)ccc2c1. The fourth-order valence-electron chi connectivity index (χ4n) is 8.51. The Bertz CT molecular complexity index is 3240. The van der Waals surface area contributed by atoms with Crippen molar-refractivity contribution in [3.05, 3.63) is 206 Å². The predicted molar refractivity (Wildman–Crippen MR) is 239 cm³/mol. The summed E-state index contributed by atoms with van der Waals surface area (Å²) in [6.45, 7) is 0. The number of benzene rings is 10. The molecule has 1 heteroatoms. The van der Waals surface area contributed by atoms with Gasteiger partial charge in [-0.25, -0.2) is 0 Å². The normalized spacial score (nSPS) is 11.9. The van der Waals surface area contributed by atoms with E-state index in [0.717, 1.165) is 10.8 Å². The Labute approximate surface area is 325 Å². The lowest BCUT2D eigenvalue weighted by Gasteiger charge is -2.18. The summed E-state index contributed by atoms with van der Waals surface area (Å²) in [7, 11) is 0. The first-order valence-electron chi connectivity index (χ1n) is 19.3. The van der Waals surface area contributed by atoms with Gasteiger partial charge in [0.25, 0.3) is 0 Å². The molecule has 0 aliphatic heterocycles. The molecule has 11 aromatic rings. The summed E-state index contributed by atoms with van der Waals surface area (Å²) < 4.78 is 10.7. The second-order valence-electron chi connectivity index (χ2n) is 14.4. The van der Waals surface area contributed by atoms with E-state index < -0.39 is 0 Å². The number of thiophene rings is 1. The summed E-state index contributed by atoms with van der Waals surface area (Å²) in [6, 6.07) is 73.2. The summed E-state index contributed by atoms with van der Waals surface area (Å²) in [6.07, 6.45) is 0. The highest BCUT2D eigenvalue weighted by Gasteiger charge is 2.17. The smallest absolute Gasteiger partial charge is 0.0623 e. The van der Waals surface area contributed by atoms with Crippen LogP contribution >= 0.6 is 11.3 Å². The Balaban J connectivity index is 0.996. The highest BCUT2D eigenvalue weighted by Crippen LogP contribution is 2.45. The molecule has 0 unspecified atom stereocenters. The standard InChI is InChI=1S/C54H34S/c1-2-11-35(12-3-1)43-27-29-45-50-33-42(28-30-51(50)55-52(45)34-43)37-21-24-38(25-22-37)53-46-17-6-8-19-48(46)54(49-20-9-7-18-47(49)53)44-16-10-15-40(32-44)41-26-23-36-13-4-5-14-39(36)31-41/h1-34H/i4D. The molecule has 55 heavy (non-hydrogen) atoms. The van der Waals surface area contributed by atoms with E-state index in [0.29, 0.717) is 6.04 Å². The monoisotopic (exact) mass is 715 g/mol. The maximum atomic E-state index is 8.03. The van der Waals surface area contributed by atoms with Crippen molar-refractivity contribution in [2.24, 2.45) is 0 Å². The molecule has 1 aromatic heterocycles. The zero-order chi connectivity index (χ0) is 37.2. The van der Waals surface area contributed by atoms with Gasteiger partial charge in [0.15, 0.2) is 0 Å². The number of fused-ring (bicyclic) bond motifs is 6. The van der Waals surface area contributed by atoms with E-state index in [-0.39, 0.29) is 0 Å². The Kier molecular flexibility index (Phi) is 7.21. The van der Waals surface area contributed by atoms with E-state index in [1.807, 2.05) is 29.5 Å². The third-order valence-electron chi connectivity index (χ3n) is 11.2. The highest BCUT2D eigenvalue weighted by molar-refractivity contribution is 7.25. The molecule has 0 amide bonds. The van der Waals surface area contributed by atoms with Crippen LogP contribution in [0.5, 0.6) is 0 Å². The fraction of sp³-hybridized carbons (Fsp3) is 0. The molecule has 0 spiro atoms. The second-order valence-corrected chi connectivity index (χ2v) is 15.5. The van der Waals surface area contributed by atoms with Crippen molar-refractivity contribution in [1.29, 1.82) is 0 Å². The van der Waals surface area contributed by atoms with Gasteiger partial charge in [-0.05, 0) is 118 Å². The van der Waals surface area contributed by atoms with Gasteiger partial charge in [0.1, 0.15) is 0 Å². The zero-order valence-corrected chi connectivity index (χ0v) is 30.8. The first-order valence-corrected chi connectivity index (χ1v) is 19.6. The van der Waals surface area contributed by atoms with Crippen LogP contribution in [0, 0.1) is 0 Å². The molecule has 0 bridgehead atoms. The predicted octanol–water partition coefficient (Wildman–Crippen LogP) is 15.8. The molecule has 0 nitrogen and oxygen atoms in total. The summed E-state index contributed by atoms with van der Waals surface area (Å²) in [4.78, 5) is 0. The van der Waals surface area contributed by atoms with Gasteiger partial charge in [-0.2, -0.15) is 0 Å². The van der Waals surface area contributed by atoms with Gasteiger partial charge < -0.3 is 0 Å². The van der Waals surface area contributed by atoms with Gasteiger partial charge in [0.05, 0.1) is 1.37 Å². The summed E-state index contributed by atoms with van der Waals surface area (Å²) >= 11 is 1.87. The topological polar surface area (TPSA) is 0 Å². The van der Waals surface area contributed by atoms with Crippen molar-refractivity contribution in [3.63, 3.8) is 0 Å². The number of hydrogen-bond acceptors (Lipinski definition) is 1. The van der Waals surface area contributed by atoms with Crippen LogP contribution in [0.1, 0.15) is 1.37 Å². The molecule has 0 saturated carbocycles. The molecule has 11 rings (SSSR count). The number of hydrogen-bond donors (Lipinski definition) is 0. The van der Waals surface area contributed by atoms with E-state index in [1.54, 1.807) is 0 Å². The molecule has 10 aromatic carbocycles. The summed E-state index contributed by atoms with van der Waals surface area (Å²) in [5, 5.41) is 9.85. The quantitative estimate of drug-likeness (QED) is 0.156. The molecular weight excluding hydrogens is 681 g/mol. The molecule has 0 saturated heterocycles. The summed E-state index contributed by atoms with van der Waals surface area (Å²) in [5.41, 5.74) is 12.2. The molecule has 0 atom stereocenters. The van der Waals surface area contributed by atoms with Crippen LogP contribution in [0.4, 0.5) is 0 Å². The van der Waals surface area contributed by atoms with Gasteiger partial charge in [0.2, 0.25) is 0 Å². The Morgan fingerprint density at radius 1 is 0.273 bits per heavy atom. The minimum atomic E-state index is 0.535. The van der Waals surface area contributed by atoms with Crippen LogP contribution in [0.15, 0.2) is 206 Å². The van der Waals surface area contributed by atoms with Crippen LogP contribution < -0.4 is 0 Å². The lowest BCUT2D eigenvalue weighted by Crippen LogP contribution is -1.91. The molecule has 0 aliphatic carbocycles. The van der Waals surface area contributed by atoms with Gasteiger partial charge in [0, 0.05) is 20.2 Å². The third-order valence-corrected chi connectivity index (χ3v) is 12.3. The van der Waals surface area contributed by atoms with E-state index in [2.05, 4.69) is 182 Å². The van der Waals surface area contributed by atoms with Crippen molar-refractivity contribution in [1.82, 2.24) is 0 Å². The highest BCUT2D eigenvalue weighted by atomic mass is 32.1. The van der Waals surface area contributed by atoms with Gasteiger partial charge in [-0.15, -0.1) is 11.3 Å². The van der Waals surface area contributed by atoms with Crippen molar-refractivity contribution < 1.29 is 1.37 Å². The Hall–Kier alpha value is -6.80. The van der Waals surface area contributed by atoms with E-state index in [9.17, 15) is 0 Å². The average Bonchev–Trinajstić information content (AvgIpc) is 3.63. The Morgan fingerprint density at radius 3 is 1.58 bits per heavy atom. The minimum Gasteiger partial charge on any atom is -0.135 e. The van der Waals surface area contributed by atoms with Gasteiger partial charge in [-0.3, -0.25) is 0 Å². The maximum Gasteiger partial charge on any atom is 0.0623 e. The lowest BCUT2D eigenvalue weighted by atomic mass is 9.85. The van der Waals surface area contributed by atoms with Crippen LogP contribution in [0.3, 0.4) is 0 Å². The molecular formula is C54H34S. The van der Waals surface area contributed by atoms with E-state index in [1.165, 1.54) is 97.4 Å². The molecule has 256 valence electrons. The largest absolute Gasteiger partial charge is 0.135 e.